The van der Waals surface area contributed by atoms with Crippen molar-refractivity contribution >= 4 is 38.9 Å². The number of amides is 1. The van der Waals surface area contributed by atoms with Crippen molar-refractivity contribution in [3.05, 3.63) is 47.5 Å². The molecule has 0 saturated carbocycles. The highest BCUT2D eigenvalue weighted by molar-refractivity contribution is 7.92. The van der Waals surface area contributed by atoms with Crippen molar-refractivity contribution in [2.75, 3.05) is 36.1 Å². The molecule has 2 aromatic rings. The molecule has 0 aliphatic heterocycles. The number of halogens is 1. The van der Waals surface area contributed by atoms with E-state index in [0.717, 1.165) is 6.26 Å². The molecule has 0 aromatic heterocycles. The predicted molar refractivity (Wildman–Crippen MR) is 106 cm³/mol. The fourth-order valence-electron chi connectivity index (χ4n) is 2.41. The average molecular weight is 413 g/mol. The van der Waals surface area contributed by atoms with E-state index in [2.05, 4.69) is 5.32 Å². The first-order chi connectivity index (χ1) is 12.7. The van der Waals surface area contributed by atoms with Gasteiger partial charge in [-0.2, -0.15) is 0 Å². The maximum atomic E-state index is 12.0. The molecule has 146 valence electrons. The number of anilines is 2. The first-order valence-corrected chi connectivity index (χ1v) is 10.3. The van der Waals surface area contributed by atoms with E-state index in [1.165, 1.54) is 11.4 Å². The van der Waals surface area contributed by atoms with Gasteiger partial charge in [-0.25, -0.2) is 8.42 Å². The molecule has 0 saturated heterocycles. The minimum absolute atomic E-state index is 0.202. The molecule has 0 bridgehead atoms. The molecule has 0 heterocycles. The SMILES string of the molecule is CCN(c1ccc(OCC(=O)Nc2ccc(OC)c(Cl)c2)cc1)S(C)(=O)=O. The van der Waals surface area contributed by atoms with E-state index in [9.17, 15) is 13.2 Å². The monoisotopic (exact) mass is 412 g/mol. The van der Waals surface area contributed by atoms with Crippen molar-refractivity contribution in [2.45, 2.75) is 6.92 Å². The van der Waals surface area contributed by atoms with Crippen molar-refractivity contribution in [1.29, 1.82) is 0 Å². The van der Waals surface area contributed by atoms with Crippen molar-refractivity contribution in [3.63, 3.8) is 0 Å². The molecule has 2 aromatic carbocycles. The van der Waals surface area contributed by atoms with Crippen LogP contribution in [0, 0.1) is 0 Å². The Kier molecular flexibility index (Phi) is 6.92. The Morgan fingerprint density at radius 3 is 2.37 bits per heavy atom. The Bertz CT molecular complexity index is 900. The van der Waals surface area contributed by atoms with Gasteiger partial charge >= 0.3 is 0 Å². The molecule has 0 unspecified atom stereocenters. The average Bonchev–Trinajstić information content (AvgIpc) is 2.60. The normalized spacial score (nSPS) is 11.0. The van der Waals surface area contributed by atoms with Gasteiger partial charge in [-0.3, -0.25) is 9.10 Å². The van der Waals surface area contributed by atoms with Gasteiger partial charge in [0.05, 0.1) is 24.1 Å². The first kappa shape index (κ1) is 20.9. The number of rotatable bonds is 8. The molecule has 1 N–H and O–H groups in total. The zero-order valence-electron chi connectivity index (χ0n) is 15.2. The highest BCUT2D eigenvalue weighted by atomic mass is 35.5. The third kappa shape index (κ3) is 5.77. The molecular formula is C18H21ClN2O5S. The number of carbonyl (C=O) groups is 1. The number of carbonyl (C=O) groups excluding carboxylic acids is 1. The summed E-state index contributed by atoms with van der Waals surface area (Å²) in [6.45, 7) is 1.87. The van der Waals surface area contributed by atoms with Crippen LogP contribution in [0.25, 0.3) is 0 Å². The number of nitrogens with one attached hydrogen (secondary N) is 1. The van der Waals surface area contributed by atoms with Gasteiger partial charge in [0.2, 0.25) is 10.0 Å². The van der Waals surface area contributed by atoms with E-state index in [4.69, 9.17) is 21.1 Å². The van der Waals surface area contributed by atoms with Crippen LogP contribution >= 0.6 is 11.6 Å². The Balaban J connectivity index is 1.94. The molecule has 0 spiro atoms. The lowest BCUT2D eigenvalue weighted by Crippen LogP contribution is -2.29. The Labute approximate surface area is 163 Å². The fourth-order valence-corrected chi connectivity index (χ4v) is 3.64. The highest BCUT2D eigenvalue weighted by Crippen LogP contribution is 2.27. The summed E-state index contributed by atoms with van der Waals surface area (Å²) in [5.41, 5.74) is 1.06. The van der Waals surface area contributed by atoms with E-state index < -0.39 is 10.0 Å². The summed E-state index contributed by atoms with van der Waals surface area (Å²) in [5, 5.41) is 3.06. The standard InChI is InChI=1S/C18H21ClN2O5S/c1-4-21(27(3,23)24)14-6-8-15(9-7-14)26-12-18(22)20-13-5-10-17(25-2)16(19)11-13/h5-11H,4,12H2,1-3H3,(H,20,22). The Hall–Kier alpha value is -2.45. The Morgan fingerprint density at radius 1 is 1.19 bits per heavy atom. The van der Waals surface area contributed by atoms with Crippen LogP contribution < -0.4 is 19.1 Å². The number of hydrogen-bond donors (Lipinski definition) is 1. The minimum Gasteiger partial charge on any atom is -0.495 e. The van der Waals surface area contributed by atoms with Crippen LogP contribution in [-0.2, 0) is 14.8 Å². The molecule has 0 fully saturated rings. The largest absolute Gasteiger partial charge is 0.495 e. The van der Waals surface area contributed by atoms with Gasteiger partial charge in [-0.15, -0.1) is 0 Å². The maximum absolute atomic E-state index is 12.0. The number of sulfonamides is 1. The van der Waals surface area contributed by atoms with Crippen LogP contribution in [0.5, 0.6) is 11.5 Å². The van der Waals surface area contributed by atoms with E-state index in [-0.39, 0.29) is 12.5 Å². The van der Waals surface area contributed by atoms with E-state index in [1.807, 2.05) is 0 Å². The maximum Gasteiger partial charge on any atom is 0.262 e. The summed E-state index contributed by atoms with van der Waals surface area (Å²) < 4.78 is 35.2. The number of nitrogens with zero attached hydrogens (tertiary/aromatic N) is 1. The molecule has 0 atom stereocenters. The quantitative estimate of drug-likeness (QED) is 0.719. The third-order valence-electron chi connectivity index (χ3n) is 3.62. The predicted octanol–water partition coefficient (Wildman–Crippen LogP) is 3.15. The summed E-state index contributed by atoms with van der Waals surface area (Å²) in [7, 11) is -1.83. The van der Waals surface area contributed by atoms with Gasteiger partial charge in [-0.1, -0.05) is 11.6 Å². The first-order valence-electron chi connectivity index (χ1n) is 8.08. The van der Waals surface area contributed by atoms with E-state index in [0.29, 0.717) is 34.4 Å². The van der Waals surface area contributed by atoms with Crippen LogP contribution in [0.2, 0.25) is 5.02 Å². The summed E-state index contributed by atoms with van der Waals surface area (Å²) in [4.78, 5) is 12.0. The molecule has 27 heavy (non-hydrogen) atoms. The lowest BCUT2D eigenvalue weighted by molar-refractivity contribution is -0.118. The van der Waals surface area contributed by atoms with Crippen LogP contribution in [0.15, 0.2) is 42.5 Å². The van der Waals surface area contributed by atoms with Crippen LogP contribution in [0.3, 0.4) is 0 Å². The zero-order valence-corrected chi connectivity index (χ0v) is 16.8. The minimum atomic E-state index is -3.34. The number of hydrogen-bond acceptors (Lipinski definition) is 5. The second-order valence-electron chi connectivity index (χ2n) is 5.61. The molecule has 0 radical (unpaired) electrons. The van der Waals surface area contributed by atoms with Gasteiger partial charge in [0.25, 0.3) is 5.91 Å². The molecule has 9 heteroatoms. The number of benzene rings is 2. The Morgan fingerprint density at radius 2 is 1.85 bits per heavy atom. The third-order valence-corrected chi connectivity index (χ3v) is 5.18. The summed E-state index contributed by atoms with van der Waals surface area (Å²) >= 11 is 6.02. The van der Waals surface area contributed by atoms with E-state index in [1.54, 1.807) is 49.4 Å². The highest BCUT2D eigenvalue weighted by Gasteiger charge is 2.15. The number of methoxy groups -OCH3 is 1. The topological polar surface area (TPSA) is 84.9 Å². The van der Waals surface area contributed by atoms with Crippen LogP contribution in [0.4, 0.5) is 11.4 Å². The summed E-state index contributed by atoms with van der Waals surface area (Å²) in [6.07, 6.45) is 1.15. The molecule has 0 aliphatic carbocycles. The lowest BCUT2D eigenvalue weighted by Gasteiger charge is -2.20. The zero-order chi connectivity index (χ0) is 20.0. The lowest BCUT2D eigenvalue weighted by atomic mass is 10.3. The van der Waals surface area contributed by atoms with Gasteiger partial charge in [0.1, 0.15) is 11.5 Å². The molecule has 1 amide bonds. The summed E-state index contributed by atoms with van der Waals surface area (Å²) in [5.74, 6) is 0.610. The van der Waals surface area contributed by atoms with Gasteiger partial charge in [0, 0.05) is 12.2 Å². The van der Waals surface area contributed by atoms with Crippen LogP contribution in [-0.4, -0.2) is 40.8 Å². The van der Waals surface area contributed by atoms with Crippen molar-refractivity contribution in [3.8, 4) is 11.5 Å². The van der Waals surface area contributed by atoms with Crippen molar-refractivity contribution < 1.29 is 22.7 Å². The second kappa shape index (κ2) is 8.96. The smallest absolute Gasteiger partial charge is 0.262 e. The van der Waals surface area contributed by atoms with Gasteiger partial charge in [0.15, 0.2) is 6.61 Å². The second-order valence-corrected chi connectivity index (χ2v) is 7.92. The molecule has 0 aliphatic rings. The molecule has 7 nitrogen and oxygen atoms in total. The van der Waals surface area contributed by atoms with Gasteiger partial charge < -0.3 is 14.8 Å². The molecular weight excluding hydrogens is 392 g/mol. The van der Waals surface area contributed by atoms with Gasteiger partial charge in [-0.05, 0) is 49.4 Å². The van der Waals surface area contributed by atoms with Crippen LogP contribution in [0.1, 0.15) is 6.92 Å². The van der Waals surface area contributed by atoms with Crippen molar-refractivity contribution in [2.24, 2.45) is 0 Å². The summed E-state index contributed by atoms with van der Waals surface area (Å²) in [6, 6.07) is 11.4. The van der Waals surface area contributed by atoms with E-state index >= 15 is 0 Å². The van der Waals surface area contributed by atoms with Crippen molar-refractivity contribution in [1.82, 2.24) is 0 Å². The fraction of sp³-hybridized carbons (Fsp3) is 0.278. The number of ether oxygens (including phenoxy) is 2. The molecule has 2 rings (SSSR count).